The highest BCUT2D eigenvalue weighted by molar-refractivity contribution is 5.93. The van der Waals surface area contributed by atoms with Crippen molar-refractivity contribution in [3.63, 3.8) is 0 Å². The number of aromatic nitrogens is 3. The minimum atomic E-state index is -4.62. The van der Waals surface area contributed by atoms with Gasteiger partial charge in [-0.2, -0.15) is 36.3 Å². The van der Waals surface area contributed by atoms with Crippen LogP contribution in [-0.2, 0) is 19.0 Å². The van der Waals surface area contributed by atoms with Crippen molar-refractivity contribution in [3.8, 4) is 17.3 Å². The molecule has 2 heterocycles. The first kappa shape index (κ1) is 26.0. The van der Waals surface area contributed by atoms with Crippen LogP contribution in [-0.4, -0.2) is 15.0 Å². The Morgan fingerprint density at radius 3 is 2.18 bits per heavy atom. The lowest BCUT2D eigenvalue weighted by Crippen LogP contribution is -2.08. The molecule has 11 heteroatoms. The van der Waals surface area contributed by atoms with E-state index >= 15 is 0 Å². The molecule has 0 unspecified atom stereocenters. The normalized spacial score (nSPS) is 11.9. The monoisotopic (exact) mass is 540 g/mol. The van der Waals surface area contributed by atoms with Crippen LogP contribution in [0.25, 0.3) is 22.2 Å². The molecule has 0 saturated carbocycles. The number of fused-ring (bicyclic) bond motifs is 1. The minimum Gasteiger partial charge on any atom is -0.459 e. The standard InChI is InChI=1S/C28H18F6N4O/c29-27(30,31)19-9-11-20(12-10-19)36-25-21-13-8-18(24-22(28(32,33)34)7-4-14-35-24)15-23(21)37-26(38-25)39-16-17-5-2-1-3-6-17/h1-15H,16H2,(H,36,37,38). The summed E-state index contributed by atoms with van der Waals surface area (Å²) in [5, 5.41) is 3.38. The summed E-state index contributed by atoms with van der Waals surface area (Å²) >= 11 is 0. The van der Waals surface area contributed by atoms with Gasteiger partial charge in [0.15, 0.2) is 0 Å². The fraction of sp³-hybridized carbons (Fsp3) is 0.107. The number of ether oxygens (including phenoxy) is 1. The predicted octanol–water partition coefficient (Wildman–Crippen LogP) is 8.05. The van der Waals surface area contributed by atoms with Crippen LogP contribution in [0, 0.1) is 0 Å². The number of benzene rings is 3. The topological polar surface area (TPSA) is 59.9 Å². The van der Waals surface area contributed by atoms with Crippen LogP contribution < -0.4 is 10.1 Å². The molecule has 0 aliphatic heterocycles. The lowest BCUT2D eigenvalue weighted by molar-refractivity contribution is -0.138. The summed E-state index contributed by atoms with van der Waals surface area (Å²) < 4.78 is 85.5. The van der Waals surface area contributed by atoms with Crippen molar-refractivity contribution in [2.24, 2.45) is 0 Å². The number of nitrogens with one attached hydrogen (secondary N) is 1. The molecular weight excluding hydrogens is 522 g/mol. The summed E-state index contributed by atoms with van der Waals surface area (Å²) in [6.45, 7) is 0.115. The number of alkyl halides is 6. The largest absolute Gasteiger partial charge is 0.459 e. The van der Waals surface area contributed by atoms with Crippen LogP contribution in [0.5, 0.6) is 6.01 Å². The average molecular weight is 540 g/mol. The third-order valence-corrected chi connectivity index (χ3v) is 5.75. The zero-order valence-corrected chi connectivity index (χ0v) is 19.9. The van der Waals surface area contributed by atoms with E-state index in [1.165, 1.54) is 42.6 Å². The van der Waals surface area contributed by atoms with Crippen LogP contribution in [0.1, 0.15) is 16.7 Å². The molecule has 0 aliphatic carbocycles. The Hall–Kier alpha value is -4.67. The van der Waals surface area contributed by atoms with Crippen LogP contribution in [0.3, 0.4) is 0 Å². The summed E-state index contributed by atoms with van der Waals surface area (Å²) in [7, 11) is 0. The van der Waals surface area contributed by atoms with Crippen LogP contribution in [0.2, 0.25) is 0 Å². The van der Waals surface area contributed by atoms with Gasteiger partial charge in [-0.15, -0.1) is 0 Å². The van der Waals surface area contributed by atoms with Crippen LogP contribution >= 0.6 is 0 Å². The van der Waals surface area contributed by atoms with E-state index < -0.39 is 23.5 Å². The van der Waals surface area contributed by atoms with E-state index in [4.69, 9.17) is 4.74 Å². The molecule has 0 saturated heterocycles. The van der Waals surface area contributed by atoms with Gasteiger partial charge in [0, 0.05) is 22.8 Å². The number of halogens is 6. The Kier molecular flexibility index (Phi) is 6.81. The van der Waals surface area contributed by atoms with E-state index in [1.54, 1.807) is 0 Å². The van der Waals surface area contributed by atoms with Crippen molar-refractivity contribution in [3.05, 3.63) is 108 Å². The van der Waals surface area contributed by atoms with Crippen molar-refractivity contribution < 1.29 is 31.1 Å². The molecule has 5 aromatic rings. The highest BCUT2D eigenvalue weighted by Gasteiger charge is 2.34. The summed E-state index contributed by atoms with van der Waals surface area (Å²) in [6, 6.07) is 20.0. The van der Waals surface area contributed by atoms with Gasteiger partial charge in [0.2, 0.25) is 0 Å². The smallest absolute Gasteiger partial charge is 0.418 e. The van der Waals surface area contributed by atoms with Crippen molar-refractivity contribution in [2.75, 3.05) is 5.32 Å². The van der Waals surface area contributed by atoms with Gasteiger partial charge in [-0.05, 0) is 54.1 Å². The highest BCUT2D eigenvalue weighted by atomic mass is 19.4. The Morgan fingerprint density at radius 2 is 1.49 bits per heavy atom. The molecule has 5 rings (SSSR count). The summed E-state index contributed by atoms with van der Waals surface area (Å²) in [5.41, 5.74) is -0.424. The Bertz CT molecular complexity index is 1600. The van der Waals surface area contributed by atoms with E-state index in [1.807, 2.05) is 30.3 Å². The second-order valence-electron chi connectivity index (χ2n) is 8.46. The molecule has 0 amide bonds. The molecule has 1 N–H and O–H groups in total. The van der Waals surface area contributed by atoms with E-state index in [9.17, 15) is 26.3 Å². The van der Waals surface area contributed by atoms with E-state index in [-0.39, 0.29) is 35.2 Å². The number of rotatable bonds is 6. The number of hydrogen-bond donors (Lipinski definition) is 1. The van der Waals surface area contributed by atoms with Gasteiger partial charge in [0.1, 0.15) is 12.4 Å². The maximum Gasteiger partial charge on any atom is 0.418 e. The van der Waals surface area contributed by atoms with Gasteiger partial charge in [0.25, 0.3) is 0 Å². The third kappa shape index (κ3) is 5.92. The molecule has 0 atom stereocenters. The Morgan fingerprint density at radius 1 is 0.744 bits per heavy atom. The van der Waals surface area contributed by atoms with Gasteiger partial charge in [-0.25, -0.2) is 0 Å². The van der Waals surface area contributed by atoms with Gasteiger partial charge in [-0.1, -0.05) is 36.4 Å². The molecule has 0 fully saturated rings. The molecule has 0 radical (unpaired) electrons. The van der Waals surface area contributed by atoms with Crippen molar-refractivity contribution in [1.29, 1.82) is 0 Å². The van der Waals surface area contributed by atoms with Gasteiger partial charge in [0.05, 0.1) is 22.3 Å². The van der Waals surface area contributed by atoms with E-state index in [2.05, 4.69) is 20.3 Å². The zero-order valence-electron chi connectivity index (χ0n) is 19.9. The highest BCUT2D eigenvalue weighted by Crippen LogP contribution is 2.37. The maximum absolute atomic E-state index is 13.6. The number of anilines is 2. The second kappa shape index (κ2) is 10.2. The Balaban J connectivity index is 1.56. The van der Waals surface area contributed by atoms with Crippen LogP contribution in [0.15, 0.2) is 91.1 Å². The summed E-state index contributed by atoms with van der Waals surface area (Å²) in [6.07, 6.45) is -7.85. The lowest BCUT2D eigenvalue weighted by atomic mass is 10.0. The first-order valence-corrected chi connectivity index (χ1v) is 11.5. The predicted molar refractivity (Wildman–Crippen MR) is 133 cm³/mol. The summed E-state index contributed by atoms with van der Waals surface area (Å²) in [5.74, 6) is 0.200. The number of hydrogen-bond acceptors (Lipinski definition) is 5. The first-order valence-electron chi connectivity index (χ1n) is 11.5. The van der Waals surface area contributed by atoms with E-state index in [0.717, 1.165) is 23.8 Å². The SMILES string of the molecule is FC(F)(F)c1ccc(Nc2nc(OCc3ccccc3)nc3cc(-c4ncccc4C(F)(F)F)ccc23)cc1. The third-order valence-electron chi connectivity index (χ3n) is 5.75. The van der Waals surface area contributed by atoms with Crippen molar-refractivity contribution in [2.45, 2.75) is 19.0 Å². The summed E-state index contributed by atoms with van der Waals surface area (Å²) in [4.78, 5) is 12.7. The van der Waals surface area contributed by atoms with Gasteiger partial charge < -0.3 is 10.1 Å². The molecular formula is C28H18F6N4O. The fourth-order valence-electron chi connectivity index (χ4n) is 3.88. The Labute approximate surface area is 218 Å². The first-order chi connectivity index (χ1) is 18.6. The maximum atomic E-state index is 13.6. The second-order valence-corrected chi connectivity index (χ2v) is 8.46. The number of nitrogens with zero attached hydrogens (tertiary/aromatic N) is 3. The molecule has 3 aromatic carbocycles. The van der Waals surface area contributed by atoms with Crippen molar-refractivity contribution in [1.82, 2.24) is 15.0 Å². The molecule has 0 spiro atoms. The molecule has 198 valence electrons. The van der Waals surface area contributed by atoms with Gasteiger partial charge in [-0.3, -0.25) is 4.98 Å². The molecule has 2 aromatic heterocycles. The van der Waals surface area contributed by atoms with Crippen molar-refractivity contribution >= 4 is 22.4 Å². The molecule has 0 aliphatic rings. The van der Waals surface area contributed by atoms with Gasteiger partial charge >= 0.3 is 18.4 Å². The number of pyridine rings is 1. The molecule has 5 nitrogen and oxygen atoms in total. The molecule has 39 heavy (non-hydrogen) atoms. The van der Waals surface area contributed by atoms with E-state index in [0.29, 0.717) is 11.1 Å². The average Bonchev–Trinajstić information content (AvgIpc) is 2.91. The quantitative estimate of drug-likeness (QED) is 0.221. The minimum absolute atomic E-state index is 0.0741. The molecule has 0 bridgehead atoms. The van der Waals surface area contributed by atoms with Crippen LogP contribution in [0.4, 0.5) is 37.8 Å². The zero-order chi connectivity index (χ0) is 27.6. The fourth-order valence-corrected chi connectivity index (χ4v) is 3.88. The lowest BCUT2D eigenvalue weighted by Gasteiger charge is -2.14.